The molecule has 1 aromatic rings. The van der Waals surface area contributed by atoms with Crippen molar-refractivity contribution in [3.05, 3.63) is 17.7 Å². The molecule has 0 aliphatic rings. The second-order valence-electron chi connectivity index (χ2n) is 3.75. The Bertz CT molecular complexity index is 339. The van der Waals surface area contributed by atoms with E-state index in [2.05, 4.69) is 5.32 Å². The van der Waals surface area contributed by atoms with E-state index in [1.165, 1.54) is 0 Å². The molecule has 0 aromatic heterocycles. The number of hydrogen-bond donors (Lipinski definition) is 1. The molecule has 1 rings (SSSR count). The van der Waals surface area contributed by atoms with Gasteiger partial charge in [0.1, 0.15) is 0 Å². The van der Waals surface area contributed by atoms with Crippen LogP contribution in [0.5, 0.6) is 17.2 Å². The smallest absolute Gasteiger partial charge is 0.203 e. The Morgan fingerprint density at radius 2 is 1.39 bits per heavy atom. The third kappa shape index (κ3) is 3.81. The maximum atomic E-state index is 5.64. The highest BCUT2D eigenvalue weighted by molar-refractivity contribution is 5.54. The fraction of sp³-hybridized carbons (Fsp3) is 0.571. The summed E-state index contributed by atoms with van der Waals surface area (Å²) in [5.74, 6) is 2.19. The van der Waals surface area contributed by atoms with Gasteiger partial charge in [0.05, 0.1) is 19.8 Å². The van der Waals surface area contributed by atoms with Crippen LogP contribution in [0.1, 0.15) is 26.3 Å². The van der Waals surface area contributed by atoms with E-state index < -0.39 is 0 Å². The van der Waals surface area contributed by atoms with Crippen LogP contribution in [0.15, 0.2) is 12.1 Å². The molecular weight excluding hydrogens is 230 g/mol. The van der Waals surface area contributed by atoms with E-state index in [4.69, 9.17) is 14.2 Å². The summed E-state index contributed by atoms with van der Waals surface area (Å²) in [4.78, 5) is 0. The van der Waals surface area contributed by atoms with Gasteiger partial charge in [0.25, 0.3) is 0 Å². The summed E-state index contributed by atoms with van der Waals surface area (Å²) in [5.41, 5.74) is 1.12. The van der Waals surface area contributed by atoms with Crippen LogP contribution in [0.3, 0.4) is 0 Å². The molecule has 0 aliphatic carbocycles. The van der Waals surface area contributed by atoms with Crippen molar-refractivity contribution >= 4 is 0 Å². The molecular formula is C14H23NO3. The summed E-state index contributed by atoms with van der Waals surface area (Å²) in [6, 6.07) is 3.99. The van der Waals surface area contributed by atoms with E-state index in [0.29, 0.717) is 25.6 Å². The van der Waals surface area contributed by atoms with Gasteiger partial charge in [0.2, 0.25) is 5.75 Å². The molecule has 0 unspecified atom stereocenters. The van der Waals surface area contributed by atoms with Gasteiger partial charge >= 0.3 is 0 Å². The van der Waals surface area contributed by atoms with Gasteiger partial charge in [-0.3, -0.25) is 0 Å². The molecule has 1 N–H and O–H groups in total. The van der Waals surface area contributed by atoms with Crippen molar-refractivity contribution in [1.82, 2.24) is 5.32 Å². The highest BCUT2D eigenvalue weighted by atomic mass is 16.5. The molecule has 0 amide bonds. The summed E-state index contributed by atoms with van der Waals surface area (Å²) >= 11 is 0. The number of hydrogen-bond acceptors (Lipinski definition) is 4. The van der Waals surface area contributed by atoms with Gasteiger partial charge in [0.15, 0.2) is 11.5 Å². The molecule has 0 radical (unpaired) electrons. The second-order valence-corrected chi connectivity index (χ2v) is 3.75. The largest absolute Gasteiger partial charge is 0.490 e. The fourth-order valence-electron chi connectivity index (χ4n) is 1.75. The Balaban J connectivity index is 3.15. The van der Waals surface area contributed by atoms with Gasteiger partial charge in [0, 0.05) is 6.54 Å². The SMILES string of the molecule is CCOc1cc(CNC)cc(OCC)c1OCC. The minimum atomic E-state index is 0.589. The van der Waals surface area contributed by atoms with Gasteiger partial charge in [-0.25, -0.2) is 0 Å². The summed E-state index contributed by atoms with van der Waals surface area (Å²) < 4.78 is 16.9. The summed E-state index contributed by atoms with van der Waals surface area (Å²) in [6.45, 7) is 8.44. The lowest BCUT2D eigenvalue weighted by atomic mass is 10.2. The van der Waals surface area contributed by atoms with E-state index in [9.17, 15) is 0 Å². The zero-order valence-corrected chi connectivity index (χ0v) is 11.7. The minimum absolute atomic E-state index is 0.589. The lowest BCUT2D eigenvalue weighted by Gasteiger charge is -2.17. The molecule has 1 aromatic carbocycles. The van der Waals surface area contributed by atoms with Crippen molar-refractivity contribution in [3.63, 3.8) is 0 Å². The lowest BCUT2D eigenvalue weighted by Crippen LogP contribution is -2.08. The van der Waals surface area contributed by atoms with Crippen LogP contribution in [0, 0.1) is 0 Å². The molecule has 0 aliphatic heterocycles. The Labute approximate surface area is 109 Å². The van der Waals surface area contributed by atoms with Crippen LogP contribution in [-0.4, -0.2) is 26.9 Å². The molecule has 4 heteroatoms. The van der Waals surface area contributed by atoms with Crippen molar-refractivity contribution < 1.29 is 14.2 Å². The van der Waals surface area contributed by atoms with Crippen LogP contribution in [0.2, 0.25) is 0 Å². The monoisotopic (exact) mass is 253 g/mol. The first-order valence-electron chi connectivity index (χ1n) is 6.46. The maximum Gasteiger partial charge on any atom is 0.203 e. The third-order valence-corrected chi connectivity index (χ3v) is 2.35. The van der Waals surface area contributed by atoms with E-state index in [1.807, 2.05) is 40.0 Å². The average Bonchev–Trinajstić information content (AvgIpc) is 2.34. The van der Waals surface area contributed by atoms with Gasteiger partial charge in [-0.15, -0.1) is 0 Å². The molecule has 0 saturated carbocycles. The normalized spacial score (nSPS) is 10.2. The Hall–Kier alpha value is -1.42. The van der Waals surface area contributed by atoms with Crippen LogP contribution in [-0.2, 0) is 6.54 Å². The molecule has 0 fully saturated rings. The van der Waals surface area contributed by atoms with Crippen molar-refractivity contribution in [2.45, 2.75) is 27.3 Å². The van der Waals surface area contributed by atoms with Crippen LogP contribution in [0.4, 0.5) is 0 Å². The molecule has 0 atom stereocenters. The van der Waals surface area contributed by atoms with Crippen LogP contribution in [0.25, 0.3) is 0 Å². The number of ether oxygens (including phenoxy) is 3. The third-order valence-electron chi connectivity index (χ3n) is 2.35. The molecule has 0 heterocycles. The van der Waals surface area contributed by atoms with Crippen LogP contribution >= 0.6 is 0 Å². The Morgan fingerprint density at radius 3 is 1.78 bits per heavy atom. The van der Waals surface area contributed by atoms with Gasteiger partial charge in [-0.1, -0.05) is 0 Å². The number of rotatable bonds is 8. The fourth-order valence-corrected chi connectivity index (χ4v) is 1.75. The molecule has 4 nitrogen and oxygen atoms in total. The quantitative estimate of drug-likeness (QED) is 0.773. The van der Waals surface area contributed by atoms with Gasteiger partial charge in [-0.2, -0.15) is 0 Å². The van der Waals surface area contributed by atoms with Crippen molar-refractivity contribution in [3.8, 4) is 17.2 Å². The highest BCUT2D eigenvalue weighted by Gasteiger charge is 2.14. The van der Waals surface area contributed by atoms with Crippen molar-refractivity contribution in [1.29, 1.82) is 0 Å². The van der Waals surface area contributed by atoms with E-state index in [1.54, 1.807) is 0 Å². The zero-order chi connectivity index (χ0) is 13.4. The van der Waals surface area contributed by atoms with Gasteiger partial charge < -0.3 is 19.5 Å². The Kier molecular flexibility index (Phi) is 6.36. The molecule has 18 heavy (non-hydrogen) atoms. The molecule has 102 valence electrons. The minimum Gasteiger partial charge on any atom is -0.490 e. The first-order chi connectivity index (χ1) is 8.76. The molecule has 0 saturated heterocycles. The zero-order valence-electron chi connectivity index (χ0n) is 11.7. The van der Waals surface area contributed by atoms with E-state index >= 15 is 0 Å². The molecule has 0 spiro atoms. The number of nitrogens with one attached hydrogen (secondary N) is 1. The van der Waals surface area contributed by atoms with Crippen LogP contribution < -0.4 is 19.5 Å². The summed E-state index contributed by atoms with van der Waals surface area (Å²) in [5, 5.41) is 3.12. The van der Waals surface area contributed by atoms with Crippen molar-refractivity contribution in [2.24, 2.45) is 0 Å². The highest BCUT2D eigenvalue weighted by Crippen LogP contribution is 2.39. The van der Waals surface area contributed by atoms with Gasteiger partial charge in [-0.05, 0) is 45.5 Å². The first-order valence-corrected chi connectivity index (χ1v) is 6.46. The predicted molar refractivity (Wildman–Crippen MR) is 72.7 cm³/mol. The number of benzene rings is 1. The first kappa shape index (κ1) is 14.6. The standard InChI is InChI=1S/C14H23NO3/c1-5-16-12-8-11(10-15-4)9-13(17-6-2)14(12)18-7-3/h8-9,15H,5-7,10H2,1-4H3. The molecule has 0 bridgehead atoms. The van der Waals surface area contributed by atoms with Crippen molar-refractivity contribution in [2.75, 3.05) is 26.9 Å². The topological polar surface area (TPSA) is 39.7 Å². The lowest BCUT2D eigenvalue weighted by molar-refractivity contribution is 0.260. The van der Waals surface area contributed by atoms with E-state index in [0.717, 1.165) is 23.6 Å². The Morgan fingerprint density at radius 1 is 0.889 bits per heavy atom. The van der Waals surface area contributed by atoms with E-state index in [-0.39, 0.29) is 0 Å². The maximum absolute atomic E-state index is 5.64. The second kappa shape index (κ2) is 7.82. The summed E-state index contributed by atoms with van der Waals surface area (Å²) in [7, 11) is 1.91. The predicted octanol–water partition coefficient (Wildman–Crippen LogP) is 2.60. The average molecular weight is 253 g/mol. The summed E-state index contributed by atoms with van der Waals surface area (Å²) in [6.07, 6.45) is 0.